The molecule has 5 heteroatoms. The minimum Gasteiger partial charge on any atom is -0.349 e. The summed E-state index contributed by atoms with van der Waals surface area (Å²) >= 11 is 0. The maximum atomic E-state index is 12.5. The molecule has 0 spiro atoms. The van der Waals surface area contributed by atoms with Gasteiger partial charge in [0.2, 0.25) is 0 Å². The second-order valence-corrected chi connectivity index (χ2v) is 8.53. The second-order valence-electron chi connectivity index (χ2n) is 7.04. The Labute approximate surface area is 147 Å². The van der Waals surface area contributed by atoms with E-state index in [4.69, 9.17) is 0 Å². The highest BCUT2D eigenvalue weighted by atomic mass is 32.2. The van der Waals surface area contributed by atoms with Crippen molar-refractivity contribution in [1.82, 2.24) is 10.6 Å². The summed E-state index contributed by atoms with van der Waals surface area (Å²) in [5, 5.41) is 6.47. The number of carbonyl (C=O) groups is 1. The molecular weight excluding hydrogens is 320 g/mol. The Balaban J connectivity index is 1.53. The van der Waals surface area contributed by atoms with Crippen molar-refractivity contribution in [2.45, 2.75) is 55.9 Å². The van der Waals surface area contributed by atoms with Crippen LogP contribution in [0.5, 0.6) is 0 Å². The summed E-state index contributed by atoms with van der Waals surface area (Å²) in [4.78, 5) is 13.2. The summed E-state index contributed by atoms with van der Waals surface area (Å²) in [5.41, 5.74) is 0.670. The highest BCUT2D eigenvalue weighted by Crippen LogP contribution is 2.19. The van der Waals surface area contributed by atoms with E-state index in [2.05, 4.69) is 10.6 Å². The number of rotatable bonds is 5. The third-order valence-electron chi connectivity index (χ3n) is 5.17. The first kappa shape index (κ1) is 17.6. The van der Waals surface area contributed by atoms with Crippen molar-refractivity contribution < 1.29 is 9.00 Å². The maximum Gasteiger partial charge on any atom is 0.251 e. The van der Waals surface area contributed by atoms with Gasteiger partial charge in [-0.1, -0.05) is 19.3 Å². The molecule has 1 amide bonds. The maximum absolute atomic E-state index is 12.5. The van der Waals surface area contributed by atoms with Gasteiger partial charge in [-0.2, -0.15) is 0 Å². The normalized spacial score (nSPS) is 21.3. The Bertz CT molecular complexity index is 510. The lowest BCUT2D eigenvalue weighted by Crippen LogP contribution is -2.36. The first-order valence-corrected chi connectivity index (χ1v) is 10.5. The molecule has 1 saturated heterocycles. The number of hydrogen-bond donors (Lipinski definition) is 2. The molecule has 0 radical (unpaired) electrons. The van der Waals surface area contributed by atoms with Crippen LogP contribution in [-0.4, -0.2) is 35.0 Å². The van der Waals surface area contributed by atoms with E-state index in [-0.39, 0.29) is 5.91 Å². The zero-order valence-corrected chi connectivity index (χ0v) is 15.1. The summed E-state index contributed by atoms with van der Waals surface area (Å²) in [6.07, 6.45) is 8.08. The molecular formula is C19H28N2O2S. The second kappa shape index (κ2) is 8.77. The lowest BCUT2D eigenvalue weighted by molar-refractivity contribution is 0.0927. The molecule has 0 aromatic heterocycles. The zero-order valence-electron chi connectivity index (χ0n) is 14.3. The van der Waals surface area contributed by atoms with Crippen molar-refractivity contribution in [2.24, 2.45) is 5.92 Å². The molecule has 4 nitrogen and oxygen atoms in total. The van der Waals surface area contributed by atoms with Crippen LogP contribution in [0.2, 0.25) is 0 Å². The van der Waals surface area contributed by atoms with Gasteiger partial charge in [-0.3, -0.25) is 9.00 Å². The predicted molar refractivity (Wildman–Crippen MR) is 97.7 cm³/mol. The van der Waals surface area contributed by atoms with E-state index < -0.39 is 10.8 Å². The molecule has 24 heavy (non-hydrogen) atoms. The van der Waals surface area contributed by atoms with Crippen molar-refractivity contribution in [3.05, 3.63) is 29.8 Å². The molecule has 1 atom stereocenters. The standard InChI is InChI=1S/C19H28N2O2S/c22-19(21-17-4-2-1-3-5-17)16-6-8-18(9-7-16)24(23)14-15-10-12-20-13-11-15/h6-9,15,17,20H,1-5,10-14H2,(H,21,22). The first-order valence-electron chi connectivity index (χ1n) is 9.22. The van der Waals surface area contributed by atoms with Gasteiger partial charge in [-0.25, -0.2) is 0 Å². The van der Waals surface area contributed by atoms with Crippen LogP contribution in [0.15, 0.2) is 29.2 Å². The van der Waals surface area contributed by atoms with Crippen molar-refractivity contribution in [1.29, 1.82) is 0 Å². The summed E-state index contributed by atoms with van der Waals surface area (Å²) in [7, 11) is -0.968. The fourth-order valence-electron chi connectivity index (χ4n) is 3.63. The van der Waals surface area contributed by atoms with Gasteiger partial charge in [0.1, 0.15) is 0 Å². The van der Waals surface area contributed by atoms with Crippen molar-refractivity contribution >= 4 is 16.7 Å². The van der Waals surface area contributed by atoms with Gasteiger partial charge in [0.25, 0.3) is 5.91 Å². The van der Waals surface area contributed by atoms with Crippen molar-refractivity contribution in [2.75, 3.05) is 18.8 Å². The molecule has 0 bridgehead atoms. The van der Waals surface area contributed by atoms with E-state index in [1.165, 1.54) is 19.3 Å². The van der Waals surface area contributed by atoms with Crippen LogP contribution in [0.1, 0.15) is 55.3 Å². The summed E-state index contributed by atoms with van der Waals surface area (Å²) < 4.78 is 12.5. The Morgan fingerprint density at radius 3 is 2.38 bits per heavy atom. The molecule has 1 aliphatic carbocycles. The number of amides is 1. The fourth-order valence-corrected chi connectivity index (χ4v) is 5.03. The Morgan fingerprint density at radius 1 is 1.04 bits per heavy atom. The number of nitrogens with one attached hydrogen (secondary N) is 2. The monoisotopic (exact) mass is 348 g/mol. The van der Waals surface area contributed by atoms with Crippen molar-refractivity contribution in [3.8, 4) is 0 Å². The van der Waals surface area contributed by atoms with Crippen LogP contribution < -0.4 is 10.6 Å². The molecule has 3 rings (SSSR count). The number of carbonyl (C=O) groups excluding carboxylic acids is 1. The van der Waals surface area contributed by atoms with E-state index in [0.29, 0.717) is 17.5 Å². The molecule has 1 heterocycles. The highest BCUT2D eigenvalue weighted by Gasteiger charge is 2.18. The van der Waals surface area contributed by atoms with Gasteiger partial charge < -0.3 is 10.6 Å². The van der Waals surface area contributed by atoms with Gasteiger partial charge >= 0.3 is 0 Å². The largest absolute Gasteiger partial charge is 0.349 e. The van der Waals surface area contributed by atoms with Crippen LogP contribution in [0.3, 0.4) is 0 Å². The quantitative estimate of drug-likeness (QED) is 0.860. The smallest absolute Gasteiger partial charge is 0.251 e. The molecule has 2 N–H and O–H groups in total. The van der Waals surface area contributed by atoms with Crippen LogP contribution >= 0.6 is 0 Å². The molecule has 1 aromatic carbocycles. The van der Waals surface area contributed by atoms with Crippen LogP contribution in [-0.2, 0) is 10.8 Å². The average Bonchev–Trinajstić information content (AvgIpc) is 2.63. The van der Waals surface area contributed by atoms with E-state index in [0.717, 1.165) is 49.4 Å². The minimum atomic E-state index is -0.968. The van der Waals surface area contributed by atoms with Gasteiger partial charge in [0.15, 0.2) is 0 Å². The highest BCUT2D eigenvalue weighted by molar-refractivity contribution is 7.85. The fraction of sp³-hybridized carbons (Fsp3) is 0.632. The molecule has 2 aliphatic rings. The van der Waals surface area contributed by atoms with E-state index in [1.54, 1.807) is 0 Å². The van der Waals surface area contributed by atoms with E-state index in [1.807, 2.05) is 24.3 Å². The average molecular weight is 349 g/mol. The summed E-state index contributed by atoms with van der Waals surface area (Å²) in [6, 6.07) is 7.65. The first-order chi connectivity index (χ1) is 11.7. The summed E-state index contributed by atoms with van der Waals surface area (Å²) in [5.74, 6) is 1.27. The Morgan fingerprint density at radius 2 is 1.71 bits per heavy atom. The zero-order chi connectivity index (χ0) is 16.8. The number of hydrogen-bond acceptors (Lipinski definition) is 3. The lowest BCUT2D eigenvalue weighted by Gasteiger charge is -2.23. The molecule has 2 fully saturated rings. The van der Waals surface area contributed by atoms with Crippen LogP contribution in [0.4, 0.5) is 0 Å². The summed E-state index contributed by atoms with van der Waals surface area (Å²) in [6.45, 7) is 2.06. The van der Waals surface area contributed by atoms with E-state index >= 15 is 0 Å². The molecule has 132 valence electrons. The van der Waals surface area contributed by atoms with Crippen molar-refractivity contribution in [3.63, 3.8) is 0 Å². The molecule has 1 unspecified atom stereocenters. The molecule has 1 aliphatic heterocycles. The van der Waals surface area contributed by atoms with Gasteiger partial charge in [0.05, 0.1) is 10.8 Å². The molecule has 1 saturated carbocycles. The number of benzene rings is 1. The SMILES string of the molecule is O=C(NC1CCCCC1)c1ccc(S(=O)CC2CCNCC2)cc1. The predicted octanol–water partition coefficient (Wildman–Crippen LogP) is 2.86. The third-order valence-corrected chi connectivity index (χ3v) is 6.74. The van der Waals surface area contributed by atoms with Gasteiger partial charge in [-0.05, 0) is 69.0 Å². The van der Waals surface area contributed by atoms with E-state index in [9.17, 15) is 9.00 Å². The van der Waals surface area contributed by atoms with Gasteiger partial charge in [0, 0.05) is 22.3 Å². The van der Waals surface area contributed by atoms with Gasteiger partial charge in [-0.15, -0.1) is 0 Å². The minimum absolute atomic E-state index is 0.00223. The number of piperidine rings is 1. The third kappa shape index (κ3) is 4.90. The van der Waals surface area contributed by atoms with Crippen LogP contribution in [0, 0.1) is 5.92 Å². The van der Waals surface area contributed by atoms with Crippen LogP contribution in [0.25, 0.3) is 0 Å². The topological polar surface area (TPSA) is 58.2 Å². The Kier molecular flexibility index (Phi) is 6.44. The lowest BCUT2D eigenvalue weighted by atomic mass is 9.95. The Hall–Kier alpha value is -1.20. The molecule has 1 aromatic rings.